The van der Waals surface area contributed by atoms with E-state index in [1.807, 2.05) is 13.0 Å². The molecule has 1 aromatic carbocycles. The van der Waals surface area contributed by atoms with Crippen LogP contribution >= 0.6 is 0 Å². The maximum absolute atomic E-state index is 13.9. The number of imidazole rings is 1. The van der Waals surface area contributed by atoms with Crippen molar-refractivity contribution in [1.29, 1.82) is 0 Å². The van der Waals surface area contributed by atoms with E-state index >= 15 is 0 Å². The summed E-state index contributed by atoms with van der Waals surface area (Å²) >= 11 is 0. The van der Waals surface area contributed by atoms with Crippen LogP contribution in [0.2, 0.25) is 0 Å². The fraction of sp³-hybridized carbons (Fsp3) is 0.176. The zero-order valence-corrected chi connectivity index (χ0v) is 12.1. The number of benzene rings is 1. The summed E-state index contributed by atoms with van der Waals surface area (Å²) in [4.78, 5) is 15.6. The summed E-state index contributed by atoms with van der Waals surface area (Å²) in [5, 5.41) is 9.45. The third kappa shape index (κ3) is 2.57. The SMILES string of the molecule is Cc1ccc(CCc2ccc3nccn3c2C(=O)O)c(F)c1. The molecule has 0 radical (unpaired) electrons. The van der Waals surface area contributed by atoms with E-state index in [0.29, 0.717) is 29.6 Å². The predicted octanol–water partition coefficient (Wildman–Crippen LogP) is 3.27. The largest absolute Gasteiger partial charge is 0.477 e. The number of carboxylic acids is 1. The van der Waals surface area contributed by atoms with Crippen molar-refractivity contribution in [3.05, 3.63) is 70.9 Å². The average Bonchev–Trinajstić information content (AvgIpc) is 2.93. The molecule has 2 heterocycles. The van der Waals surface area contributed by atoms with Gasteiger partial charge in [-0.3, -0.25) is 4.40 Å². The lowest BCUT2D eigenvalue weighted by Crippen LogP contribution is -2.10. The number of carboxylic acid groups (broad SMARTS) is 1. The minimum Gasteiger partial charge on any atom is -0.477 e. The monoisotopic (exact) mass is 298 g/mol. The Bertz CT molecular complexity index is 855. The lowest BCUT2D eigenvalue weighted by Gasteiger charge is -2.09. The van der Waals surface area contributed by atoms with Crippen LogP contribution < -0.4 is 0 Å². The van der Waals surface area contributed by atoms with Crippen LogP contribution in [-0.2, 0) is 12.8 Å². The second-order valence-electron chi connectivity index (χ2n) is 5.26. The molecule has 0 unspecified atom stereocenters. The third-order valence-electron chi connectivity index (χ3n) is 3.72. The molecular weight excluding hydrogens is 283 g/mol. The highest BCUT2D eigenvalue weighted by atomic mass is 19.1. The molecule has 3 aromatic rings. The Kier molecular flexibility index (Phi) is 3.63. The number of hydrogen-bond donors (Lipinski definition) is 1. The van der Waals surface area contributed by atoms with Gasteiger partial charge in [-0.15, -0.1) is 0 Å². The first kappa shape index (κ1) is 14.3. The van der Waals surface area contributed by atoms with Crippen LogP contribution in [0.1, 0.15) is 27.2 Å². The summed E-state index contributed by atoms with van der Waals surface area (Å²) in [5.41, 5.74) is 2.89. The molecule has 22 heavy (non-hydrogen) atoms. The molecule has 0 aliphatic carbocycles. The number of aryl methyl sites for hydroxylation is 3. The molecule has 0 aliphatic rings. The minimum atomic E-state index is -1.01. The lowest BCUT2D eigenvalue weighted by atomic mass is 10.0. The van der Waals surface area contributed by atoms with Gasteiger partial charge in [0.2, 0.25) is 0 Å². The summed E-state index contributed by atoms with van der Waals surface area (Å²) < 4.78 is 15.4. The number of rotatable bonds is 4. The van der Waals surface area contributed by atoms with Gasteiger partial charge in [0.25, 0.3) is 0 Å². The first-order chi connectivity index (χ1) is 10.6. The van der Waals surface area contributed by atoms with E-state index in [0.717, 1.165) is 5.56 Å². The second kappa shape index (κ2) is 5.60. The van der Waals surface area contributed by atoms with E-state index in [9.17, 15) is 14.3 Å². The zero-order valence-electron chi connectivity index (χ0n) is 12.1. The molecule has 1 N–H and O–H groups in total. The van der Waals surface area contributed by atoms with Gasteiger partial charge in [-0.1, -0.05) is 18.2 Å². The summed E-state index contributed by atoms with van der Waals surface area (Å²) in [5.74, 6) is -1.26. The smallest absolute Gasteiger partial charge is 0.353 e. The quantitative estimate of drug-likeness (QED) is 0.804. The van der Waals surface area contributed by atoms with Crippen molar-refractivity contribution in [3.63, 3.8) is 0 Å². The van der Waals surface area contributed by atoms with Gasteiger partial charge in [0, 0.05) is 12.4 Å². The van der Waals surface area contributed by atoms with Crippen molar-refractivity contribution >= 4 is 11.6 Å². The molecular formula is C17H15FN2O2. The first-order valence-electron chi connectivity index (χ1n) is 6.99. The highest BCUT2D eigenvalue weighted by Crippen LogP contribution is 2.17. The molecule has 112 valence electrons. The van der Waals surface area contributed by atoms with Gasteiger partial charge in [-0.05, 0) is 48.6 Å². The van der Waals surface area contributed by atoms with Gasteiger partial charge in [0.1, 0.15) is 17.2 Å². The van der Waals surface area contributed by atoms with Gasteiger partial charge >= 0.3 is 5.97 Å². The molecule has 4 nitrogen and oxygen atoms in total. The normalized spacial score (nSPS) is 11.0. The van der Waals surface area contributed by atoms with Crippen LogP contribution in [0.5, 0.6) is 0 Å². The average molecular weight is 298 g/mol. The first-order valence-corrected chi connectivity index (χ1v) is 6.99. The Morgan fingerprint density at radius 1 is 1.23 bits per heavy atom. The van der Waals surface area contributed by atoms with Crippen molar-refractivity contribution in [2.24, 2.45) is 0 Å². The molecule has 5 heteroatoms. The Hall–Kier alpha value is -2.69. The van der Waals surface area contributed by atoms with Gasteiger partial charge < -0.3 is 5.11 Å². The van der Waals surface area contributed by atoms with Crippen molar-refractivity contribution < 1.29 is 14.3 Å². The molecule has 0 aliphatic heterocycles. The standard InChI is InChI=1S/C17H15FN2O2/c1-11-2-3-12(14(18)10-11)4-5-13-6-7-15-19-8-9-20(15)16(13)17(21)22/h2-3,6-10H,4-5H2,1H3,(H,21,22). The maximum Gasteiger partial charge on any atom is 0.353 e. The number of carbonyl (C=O) groups is 1. The minimum absolute atomic E-state index is 0.183. The van der Waals surface area contributed by atoms with Gasteiger partial charge in [0.05, 0.1) is 0 Å². The van der Waals surface area contributed by atoms with Crippen molar-refractivity contribution in [3.8, 4) is 0 Å². The van der Waals surface area contributed by atoms with Crippen LogP contribution in [0, 0.1) is 12.7 Å². The lowest BCUT2D eigenvalue weighted by molar-refractivity contribution is 0.0687. The van der Waals surface area contributed by atoms with Gasteiger partial charge in [0.15, 0.2) is 0 Å². The Labute approximate surface area is 126 Å². The van der Waals surface area contributed by atoms with E-state index in [-0.39, 0.29) is 11.5 Å². The Morgan fingerprint density at radius 3 is 2.68 bits per heavy atom. The van der Waals surface area contributed by atoms with E-state index in [1.54, 1.807) is 35.0 Å². The third-order valence-corrected chi connectivity index (χ3v) is 3.72. The number of halogens is 1. The summed E-state index contributed by atoms with van der Waals surface area (Å²) in [6.45, 7) is 1.84. The highest BCUT2D eigenvalue weighted by Gasteiger charge is 2.15. The summed E-state index contributed by atoms with van der Waals surface area (Å²) in [7, 11) is 0. The highest BCUT2D eigenvalue weighted by molar-refractivity contribution is 5.88. The van der Waals surface area contributed by atoms with E-state index in [1.165, 1.54) is 6.07 Å². The topological polar surface area (TPSA) is 54.6 Å². The number of nitrogens with zero attached hydrogens (tertiary/aromatic N) is 2. The van der Waals surface area contributed by atoms with Crippen LogP contribution in [0.3, 0.4) is 0 Å². The number of aromatic nitrogens is 2. The van der Waals surface area contributed by atoms with Gasteiger partial charge in [-0.2, -0.15) is 0 Å². The fourth-order valence-electron chi connectivity index (χ4n) is 2.60. The van der Waals surface area contributed by atoms with Crippen molar-refractivity contribution in [1.82, 2.24) is 9.38 Å². The van der Waals surface area contributed by atoms with Crippen LogP contribution in [0.4, 0.5) is 4.39 Å². The number of pyridine rings is 1. The molecule has 0 amide bonds. The molecule has 0 atom stereocenters. The number of fused-ring (bicyclic) bond motifs is 1. The Morgan fingerprint density at radius 2 is 1.95 bits per heavy atom. The number of aromatic carboxylic acids is 1. The van der Waals surface area contributed by atoms with E-state index in [2.05, 4.69) is 4.98 Å². The number of hydrogen-bond acceptors (Lipinski definition) is 2. The molecule has 0 spiro atoms. The molecule has 2 aromatic heterocycles. The maximum atomic E-state index is 13.9. The summed E-state index contributed by atoms with van der Waals surface area (Å²) in [6, 6.07) is 8.62. The van der Waals surface area contributed by atoms with Crippen LogP contribution in [0.15, 0.2) is 42.7 Å². The molecule has 3 rings (SSSR count). The summed E-state index contributed by atoms with van der Waals surface area (Å²) in [6.07, 6.45) is 4.09. The van der Waals surface area contributed by atoms with Crippen molar-refractivity contribution in [2.75, 3.05) is 0 Å². The van der Waals surface area contributed by atoms with Crippen LogP contribution in [-0.4, -0.2) is 20.5 Å². The van der Waals surface area contributed by atoms with E-state index in [4.69, 9.17) is 0 Å². The van der Waals surface area contributed by atoms with Crippen molar-refractivity contribution in [2.45, 2.75) is 19.8 Å². The fourth-order valence-corrected chi connectivity index (χ4v) is 2.60. The zero-order chi connectivity index (χ0) is 15.7. The van der Waals surface area contributed by atoms with Crippen LogP contribution in [0.25, 0.3) is 5.65 Å². The second-order valence-corrected chi connectivity index (χ2v) is 5.26. The Balaban J connectivity index is 1.93. The van der Waals surface area contributed by atoms with E-state index < -0.39 is 5.97 Å². The predicted molar refractivity (Wildman–Crippen MR) is 80.7 cm³/mol. The molecule has 0 saturated carbocycles. The molecule has 0 bridgehead atoms. The van der Waals surface area contributed by atoms with Gasteiger partial charge in [-0.25, -0.2) is 14.2 Å². The molecule has 0 fully saturated rings. The molecule has 0 saturated heterocycles.